The van der Waals surface area contributed by atoms with Crippen LogP contribution >= 0.6 is 17.7 Å². The van der Waals surface area contributed by atoms with E-state index in [-0.39, 0.29) is 0 Å². The van der Waals surface area contributed by atoms with Gasteiger partial charge in [-0.15, -0.1) is 12.2 Å². The zero-order valence-corrected chi connectivity index (χ0v) is 9.43. The molecule has 1 aliphatic rings. The van der Waals surface area contributed by atoms with Crippen LogP contribution in [0.25, 0.3) is 0 Å². The lowest BCUT2D eigenvalue weighted by molar-refractivity contribution is 0.177. The monoisotopic (exact) mass is 210 g/mol. The third kappa shape index (κ3) is 4.51. The van der Waals surface area contributed by atoms with Gasteiger partial charge in [-0.25, -0.2) is 0 Å². The van der Waals surface area contributed by atoms with Gasteiger partial charge in [0, 0.05) is 0 Å². The van der Waals surface area contributed by atoms with Gasteiger partial charge in [0.05, 0.1) is 6.10 Å². The van der Waals surface area contributed by atoms with Crippen molar-refractivity contribution >= 4 is 29.5 Å². The van der Waals surface area contributed by atoms with E-state index in [1.807, 2.05) is 6.66 Å². The van der Waals surface area contributed by atoms with Crippen LogP contribution in [0.2, 0.25) is 0 Å². The number of hydrogen-bond acceptors (Lipinski definition) is 2. The molecule has 1 rings (SSSR count). The lowest BCUT2D eigenvalue weighted by atomic mass is 9.98. The molecular weight excluding hydrogens is 195 g/mol. The first-order valence-corrected chi connectivity index (χ1v) is 8.38. The molecule has 0 bridgehead atoms. The average Bonchev–Trinajstić information content (AvgIpc) is 1.85. The van der Waals surface area contributed by atoms with Crippen molar-refractivity contribution in [2.45, 2.75) is 38.2 Å². The van der Waals surface area contributed by atoms with Crippen molar-refractivity contribution in [2.24, 2.45) is 0 Å². The third-order valence-corrected chi connectivity index (χ3v) is 3.13. The van der Waals surface area contributed by atoms with E-state index in [9.17, 15) is 0 Å². The average molecular weight is 210 g/mol. The molecular formula is C7H15OPS2. The topological polar surface area (TPSA) is 9.23 Å². The van der Waals surface area contributed by atoms with Crippen molar-refractivity contribution < 1.29 is 4.52 Å². The van der Waals surface area contributed by atoms with Gasteiger partial charge in [-0.3, -0.25) is 0 Å². The fourth-order valence-electron chi connectivity index (χ4n) is 1.45. The van der Waals surface area contributed by atoms with E-state index < -0.39 is 5.47 Å². The molecule has 0 heterocycles. The van der Waals surface area contributed by atoms with E-state index in [2.05, 4.69) is 12.2 Å². The Kier molecular flexibility index (Phi) is 3.90. The molecule has 0 N–H and O–H groups in total. The molecule has 0 aliphatic heterocycles. The molecule has 1 aliphatic carbocycles. The first-order valence-electron chi connectivity index (χ1n) is 4.06. The molecule has 0 saturated heterocycles. The van der Waals surface area contributed by atoms with Gasteiger partial charge in [0.1, 0.15) is 5.47 Å². The van der Waals surface area contributed by atoms with Gasteiger partial charge in [0.15, 0.2) is 0 Å². The second kappa shape index (κ2) is 4.27. The zero-order chi connectivity index (χ0) is 8.32. The third-order valence-electron chi connectivity index (χ3n) is 1.90. The summed E-state index contributed by atoms with van der Waals surface area (Å²) < 4.78 is 5.67. The molecule has 0 aromatic carbocycles. The Morgan fingerprint density at radius 1 is 1.36 bits per heavy atom. The minimum atomic E-state index is -1.71. The molecule has 1 saturated carbocycles. The Hall–Kier alpha value is 0.960. The van der Waals surface area contributed by atoms with E-state index in [1.54, 1.807) is 0 Å². The largest absolute Gasteiger partial charge is 0.339 e. The van der Waals surface area contributed by atoms with Gasteiger partial charge in [0.25, 0.3) is 0 Å². The minimum absolute atomic E-state index is 0.414. The summed E-state index contributed by atoms with van der Waals surface area (Å²) in [5, 5.41) is 0. The van der Waals surface area contributed by atoms with E-state index >= 15 is 0 Å². The first-order chi connectivity index (χ1) is 5.08. The van der Waals surface area contributed by atoms with Crippen molar-refractivity contribution in [3.05, 3.63) is 0 Å². The number of rotatable bonds is 2. The van der Waals surface area contributed by atoms with Crippen molar-refractivity contribution in [3.63, 3.8) is 0 Å². The molecule has 11 heavy (non-hydrogen) atoms. The highest BCUT2D eigenvalue weighted by atomic mass is 32.9. The highest BCUT2D eigenvalue weighted by Crippen LogP contribution is 2.50. The normalized spacial score (nSPS) is 26.4. The number of hydrogen-bond donors (Lipinski definition) is 1. The van der Waals surface area contributed by atoms with E-state index in [0.717, 1.165) is 0 Å². The van der Waals surface area contributed by atoms with Gasteiger partial charge >= 0.3 is 0 Å². The maximum atomic E-state index is 5.67. The van der Waals surface area contributed by atoms with Crippen LogP contribution in [0.5, 0.6) is 0 Å². The highest BCUT2D eigenvalue weighted by Gasteiger charge is 2.17. The van der Waals surface area contributed by atoms with Gasteiger partial charge in [-0.1, -0.05) is 31.1 Å². The summed E-state index contributed by atoms with van der Waals surface area (Å²) >= 11 is 9.39. The van der Waals surface area contributed by atoms with Gasteiger partial charge < -0.3 is 4.52 Å². The predicted molar refractivity (Wildman–Crippen MR) is 57.2 cm³/mol. The van der Waals surface area contributed by atoms with Crippen LogP contribution in [0.4, 0.5) is 0 Å². The molecule has 0 spiro atoms. The Morgan fingerprint density at radius 2 is 1.91 bits per heavy atom. The maximum absolute atomic E-state index is 5.67. The van der Waals surface area contributed by atoms with E-state index in [0.29, 0.717) is 6.10 Å². The van der Waals surface area contributed by atoms with Crippen LogP contribution in [-0.4, -0.2) is 12.8 Å². The summed E-state index contributed by atoms with van der Waals surface area (Å²) in [4.78, 5) is 0. The molecule has 0 radical (unpaired) electrons. The Balaban J connectivity index is 2.30. The van der Waals surface area contributed by atoms with E-state index in [4.69, 9.17) is 16.3 Å². The summed E-state index contributed by atoms with van der Waals surface area (Å²) in [6, 6.07) is 0. The summed E-state index contributed by atoms with van der Waals surface area (Å²) in [7, 11) is 0. The standard InChI is InChI=1S/C7H15OPS2/c1-9(10,11)8-7-5-3-2-4-6-7/h7H,2-6H2,1H3,(H,10,11). The Bertz CT molecular complexity index is 160. The van der Waals surface area contributed by atoms with E-state index in [1.165, 1.54) is 32.1 Å². The molecule has 1 unspecified atom stereocenters. The smallest absolute Gasteiger partial charge is 0.114 e. The summed E-state index contributed by atoms with van der Waals surface area (Å²) in [6.07, 6.45) is 6.75. The molecule has 0 amide bonds. The van der Waals surface area contributed by atoms with Crippen LogP contribution < -0.4 is 0 Å². The Morgan fingerprint density at radius 3 is 2.36 bits per heavy atom. The lowest BCUT2D eigenvalue weighted by Gasteiger charge is -2.24. The Labute approximate surface area is 79.1 Å². The lowest BCUT2D eigenvalue weighted by Crippen LogP contribution is -2.13. The molecule has 66 valence electrons. The van der Waals surface area contributed by atoms with Crippen LogP contribution in [0.3, 0.4) is 0 Å². The van der Waals surface area contributed by atoms with Crippen molar-refractivity contribution in [3.8, 4) is 0 Å². The van der Waals surface area contributed by atoms with Gasteiger partial charge in [0.2, 0.25) is 0 Å². The van der Waals surface area contributed by atoms with Crippen molar-refractivity contribution in [1.29, 1.82) is 0 Å². The van der Waals surface area contributed by atoms with Gasteiger partial charge in [-0.2, -0.15) is 0 Å². The van der Waals surface area contributed by atoms with Crippen LogP contribution in [0, 0.1) is 0 Å². The summed E-state index contributed by atoms with van der Waals surface area (Å²) in [5.41, 5.74) is -1.71. The van der Waals surface area contributed by atoms with Crippen LogP contribution in [0.15, 0.2) is 0 Å². The predicted octanol–water partition coefficient (Wildman–Crippen LogP) is 3.20. The van der Waals surface area contributed by atoms with Gasteiger partial charge in [-0.05, 0) is 19.5 Å². The molecule has 1 atom stereocenters. The SMILES string of the molecule is CP(=S)(S)OC1CCCCC1. The second-order valence-electron chi connectivity index (χ2n) is 3.17. The fraction of sp³-hybridized carbons (Fsp3) is 1.00. The first kappa shape index (κ1) is 10.0. The highest BCUT2D eigenvalue weighted by molar-refractivity contribution is 8.61. The fourth-order valence-corrected chi connectivity index (χ4v) is 2.98. The van der Waals surface area contributed by atoms with Crippen molar-refractivity contribution in [1.82, 2.24) is 0 Å². The van der Waals surface area contributed by atoms with Crippen LogP contribution in [-0.2, 0) is 16.3 Å². The molecule has 1 nitrogen and oxygen atoms in total. The van der Waals surface area contributed by atoms with Crippen LogP contribution in [0.1, 0.15) is 32.1 Å². The molecule has 0 aromatic heterocycles. The second-order valence-corrected chi connectivity index (χ2v) is 10.2. The quantitative estimate of drug-likeness (QED) is 0.553. The minimum Gasteiger partial charge on any atom is -0.339 e. The molecule has 4 heteroatoms. The molecule has 1 fully saturated rings. The zero-order valence-electron chi connectivity index (χ0n) is 6.82. The maximum Gasteiger partial charge on any atom is 0.114 e. The number of thiol groups is 1. The summed E-state index contributed by atoms with van der Waals surface area (Å²) in [6.45, 7) is 1.93. The summed E-state index contributed by atoms with van der Waals surface area (Å²) in [5.74, 6) is 0. The van der Waals surface area contributed by atoms with Crippen molar-refractivity contribution in [2.75, 3.05) is 6.66 Å². The molecule has 0 aromatic rings.